The van der Waals surface area contributed by atoms with Crippen LogP contribution in [0, 0.1) is 0 Å². The summed E-state index contributed by atoms with van der Waals surface area (Å²) in [6, 6.07) is 5.46. The van der Waals surface area contributed by atoms with Gasteiger partial charge < -0.3 is 14.2 Å². The van der Waals surface area contributed by atoms with Gasteiger partial charge in [0.15, 0.2) is 17.2 Å². The molecule has 5 heteroatoms. The summed E-state index contributed by atoms with van der Waals surface area (Å²) in [5, 5.41) is 0. The van der Waals surface area contributed by atoms with Crippen molar-refractivity contribution in [2.24, 2.45) is 5.73 Å². The fraction of sp³-hybridized carbons (Fsp3) is 0.462. The lowest BCUT2D eigenvalue weighted by Crippen LogP contribution is -2.42. The van der Waals surface area contributed by atoms with Crippen molar-refractivity contribution >= 4 is 5.97 Å². The largest absolute Gasteiger partial charge is 0.493 e. The molecule has 0 aromatic heterocycles. The summed E-state index contributed by atoms with van der Waals surface area (Å²) >= 11 is 0. The van der Waals surface area contributed by atoms with Crippen LogP contribution in [0.5, 0.6) is 11.5 Å². The lowest BCUT2D eigenvalue weighted by Gasteiger charge is -2.24. The SMILES string of the molecule is COc1ccc(CC(C)(N)OC(C)=O)cc1OC. The number of benzene rings is 1. The molecule has 0 aliphatic rings. The zero-order chi connectivity index (χ0) is 13.8. The molecule has 0 fully saturated rings. The predicted molar refractivity (Wildman–Crippen MR) is 67.6 cm³/mol. The maximum Gasteiger partial charge on any atom is 0.304 e. The first kappa shape index (κ1) is 14.3. The molecule has 0 amide bonds. The first-order valence-electron chi connectivity index (χ1n) is 5.57. The van der Waals surface area contributed by atoms with Gasteiger partial charge >= 0.3 is 5.97 Å². The average molecular weight is 253 g/mol. The Bertz CT molecular complexity index is 429. The molecule has 100 valence electrons. The zero-order valence-corrected chi connectivity index (χ0v) is 11.1. The molecule has 1 aromatic rings. The first-order valence-corrected chi connectivity index (χ1v) is 5.57. The molecule has 0 bridgehead atoms. The molecule has 1 unspecified atom stereocenters. The standard InChI is InChI=1S/C13H19NO4/c1-9(15)18-13(2,14)8-10-5-6-11(16-3)12(7-10)17-4/h5-7H,8,14H2,1-4H3. The van der Waals surface area contributed by atoms with E-state index in [1.165, 1.54) is 6.92 Å². The van der Waals surface area contributed by atoms with Crippen LogP contribution in [-0.4, -0.2) is 25.9 Å². The van der Waals surface area contributed by atoms with E-state index in [0.717, 1.165) is 5.56 Å². The highest BCUT2D eigenvalue weighted by Crippen LogP contribution is 2.28. The van der Waals surface area contributed by atoms with Gasteiger partial charge in [-0.3, -0.25) is 10.5 Å². The third-order valence-electron chi connectivity index (χ3n) is 2.38. The summed E-state index contributed by atoms with van der Waals surface area (Å²) in [7, 11) is 3.14. The smallest absolute Gasteiger partial charge is 0.304 e. The lowest BCUT2D eigenvalue weighted by molar-refractivity contribution is -0.154. The van der Waals surface area contributed by atoms with E-state index in [9.17, 15) is 4.79 Å². The Labute approximate surface area is 107 Å². The summed E-state index contributed by atoms with van der Waals surface area (Å²) in [6.07, 6.45) is 0.396. The van der Waals surface area contributed by atoms with E-state index in [1.807, 2.05) is 12.1 Å². The normalized spacial score (nSPS) is 13.6. The number of rotatable bonds is 5. The lowest BCUT2D eigenvalue weighted by atomic mass is 10.0. The molecule has 0 aliphatic carbocycles. The third-order valence-corrected chi connectivity index (χ3v) is 2.38. The van der Waals surface area contributed by atoms with Crippen molar-refractivity contribution in [2.45, 2.75) is 26.0 Å². The molecule has 0 radical (unpaired) electrons. The van der Waals surface area contributed by atoms with E-state index in [4.69, 9.17) is 19.9 Å². The van der Waals surface area contributed by atoms with Crippen LogP contribution in [-0.2, 0) is 16.0 Å². The Morgan fingerprint density at radius 1 is 1.28 bits per heavy atom. The number of methoxy groups -OCH3 is 2. The molecule has 0 heterocycles. The van der Waals surface area contributed by atoms with Crippen molar-refractivity contribution in [2.75, 3.05) is 14.2 Å². The van der Waals surface area contributed by atoms with Gasteiger partial charge in [0.05, 0.1) is 14.2 Å². The average Bonchev–Trinajstić information content (AvgIpc) is 2.26. The Balaban J connectivity index is 2.88. The molecular weight excluding hydrogens is 234 g/mol. The van der Waals surface area contributed by atoms with Crippen LogP contribution in [0.3, 0.4) is 0 Å². The summed E-state index contributed by atoms with van der Waals surface area (Å²) in [4.78, 5) is 10.9. The second-order valence-corrected chi connectivity index (χ2v) is 4.27. The van der Waals surface area contributed by atoms with Crippen molar-refractivity contribution in [3.8, 4) is 11.5 Å². The molecule has 0 saturated carbocycles. The minimum absolute atomic E-state index is 0.396. The van der Waals surface area contributed by atoms with Gasteiger partial charge in [-0.2, -0.15) is 0 Å². The van der Waals surface area contributed by atoms with Gasteiger partial charge in [-0.25, -0.2) is 0 Å². The Hall–Kier alpha value is -1.75. The van der Waals surface area contributed by atoms with Crippen molar-refractivity contribution in [3.05, 3.63) is 23.8 Å². The number of hydrogen-bond acceptors (Lipinski definition) is 5. The van der Waals surface area contributed by atoms with E-state index in [2.05, 4.69) is 0 Å². The van der Waals surface area contributed by atoms with Gasteiger partial charge in [-0.05, 0) is 24.6 Å². The van der Waals surface area contributed by atoms with Crippen LogP contribution < -0.4 is 15.2 Å². The summed E-state index contributed by atoms with van der Waals surface area (Å²) < 4.78 is 15.4. The molecule has 1 atom stereocenters. The molecule has 1 rings (SSSR count). The number of hydrogen-bond donors (Lipinski definition) is 1. The second-order valence-electron chi connectivity index (χ2n) is 4.27. The van der Waals surface area contributed by atoms with Crippen molar-refractivity contribution < 1.29 is 19.0 Å². The number of ether oxygens (including phenoxy) is 3. The summed E-state index contributed by atoms with van der Waals surface area (Å²) in [5.41, 5.74) is 5.76. The maximum atomic E-state index is 10.9. The third kappa shape index (κ3) is 3.92. The van der Waals surface area contributed by atoms with E-state index >= 15 is 0 Å². The topological polar surface area (TPSA) is 70.8 Å². The van der Waals surface area contributed by atoms with Crippen LogP contribution in [0.1, 0.15) is 19.4 Å². The fourth-order valence-corrected chi connectivity index (χ4v) is 1.76. The van der Waals surface area contributed by atoms with Crippen LogP contribution in [0.4, 0.5) is 0 Å². The molecule has 18 heavy (non-hydrogen) atoms. The molecule has 0 saturated heterocycles. The zero-order valence-electron chi connectivity index (χ0n) is 11.1. The van der Waals surface area contributed by atoms with Gasteiger partial charge in [0.2, 0.25) is 0 Å². The highest BCUT2D eigenvalue weighted by molar-refractivity contribution is 5.66. The van der Waals surface area contributed by atoms with Crippen LogP contribution >= 0.6 is 0 Å². The first-order chi connectivity index (χ1) is 8.38. The van der Waals surface area contributed by atoms with Gasteiger partial charge in [-0.15, -0.1) is 0 Å². The van der Waals surface area contributed by atoms with Crippen LogP contribution in [0.25, 0.3) is 0 Å². The Kier molecular flexibility index (Phi) is 4.55. The summed E-state index contributed by atoms with van der Waals surface area (Å²) in [5.74, 6) is 0.863. The van der Waals surface area contributed by atoms with Crippen LogP contribution in [0.15, 0.2) is 18.2 Å². The van der Waals surface area contributed by atoms with Crippen molar-refractivity contribution in [1.82, 2.24) is 0 Å². The van der Waals surface area contributed by atoms with Gasteiger partial charge in [0.25, 0.3) is 0 Å². The fourth-order valence-electron chi connectivity index (χ4n) is 1.76. The van der Waals surface area contributed by atoms with Gasteiger partial charge in [-0.1, -0.05) is 6.07 Å². The summed E-state index contributed by atoms with van der Waals surface area (Å²) in [6.45, 7) is 2.99. The Morgan fingerprint density at radius 3 is 2.39 bits per heavy atom. The van der Waals surface area contributed by atoms with Gasteiger partial charge in [0.1, 0.15) is 0 Å². The van der Waals surface area contributed by atoms with Crippen molar-refractivity contribution in [1.29, 1.82) is 0 Å². The number of nitrogens with two attached hydrogens (primary N) is 1. The highest BCUT2D eigenvalue weighted by atomic mass is 16.6. The van der Waals surface area contributed by atoms with Crippen molar-refractivity contribution in [3.63, 3.8) is 0 Å². The Morgan fingerprint density at radius 2 is 1.89 bits per heavy atom. The minimum atomic E-state index is -1.04. The van der Waals surface area contributed by atoms with E-state index in [-0.39, 0.29) is 0 Å². The molecular formula is C13H19NO4. The molecule has 1 aromatic carbocycles. The van der Waals surface area contributed by atoms with E-state index in [0.29, 0.717) is 17.9 Å². The van der Waals surface area contributed by atoms with Crippen LogP contribution in [0.2, 0.25) is 0 Å². The quantitative estimate of drug-likeness (QED) is 0.636. The molecule has 0 spiro atoms. The number of carbonyl (C=O) groups is 1. The van der Waals surface area contributed by atoms with E-state index < -0.39 is 11.7 Å². The number of esters is 1. The second kappa shape index (κ2) is 5.73. The maximum absolute atomic E-state index is 10.9. The van der Waals surface area contributed by atoms with E-state index in [1.54, 1.807) is 27.2 Å². The minimum Gasteiger partial charge on any atom is -0.493 e. The monoisotopic (exact) mass is 253 g/mol. The highest BCUT2D eigenvalue weighted by Gasteiger charge is 2.23. The predicted octanol–water partition coefficient (Wildman–Crippen LogP) is 1.48. The van der Waals surface area contributed by atoms with Gasteiger partial charge in [0, 0.05) is 13.3 Å². The number of carbonyl (C=O) groups excluding carboxylic acids is 1. The molecule has 5 nitrogen and oxygen atoms in total. The molecule has 2 N–H and O–H groups in total. The molecule has 0 aliphatic heterocycles.